The molecule has 3 rings (SSSR count). The van der Waals surface area contributed by atoms with Crippen LogP contribution in [0.1, 0.15) is 40.9 Å². The van der Waals surface area contributed by atoms with Crippen LogP contribution in [0.15, 0.2) is 72.9 Å². The fraction of sp³-hybridized carbons (Fsp3) is 0.280. The second kappa shape index (κ2) is 11.4. The predicted octanol–water partition coefficient (Wildman–Crippen LogP) is 5.75. The number of benzene rings is 2. The second-order valence-electron chi connectivity index (χ2n) is 7.89. The SMILES string of the molecule is CNC(=O)[C@H](N[C@H](CCc1ccc(C(F)(F)F)nc1)c1cccc(OC(F)(F)F)c1)c1ccccc1. The lowest BCUT2D eigenvalue weighted by atomic mass is 9.96. The van der Waals surface area contributed by atoms with E-state index in [-0.39, 0.29) is 18.7 Å². The number of alkyl halides is 6. The highest BCUT2D eigenvalue weighted by atomic mass is 19.4. The summed E-state index contributed by atoms with van der Waals surface area (Å²) in [6.45, 7) is 0. The molecule has 11 heteroatoms. The van der Waals surface area contributed by atoms with E-state index in [9.17, 15) is 31.1 Å². The zero-order chi connectivity index (χ0) is 26.3. The summed E-state index contributed by atoms with van der Waals surface area (Å²) in [6, 6.07) is 14.7. The monoisotopic (exact) mass is 511 g/mol. The molecule has 0 bridgehead atoms. The van der Waals surface area contributed by atoms with Crippen molar-refractivity contribution < 1.29 is 35.9 Å². The normalized spacial score (nSPS) is 13.6. The predicted molar refractivity (Wildman–Crippen MR) is 120 cm³/mol. The van der Waals surface area contributed by atoms with Crippen LogP contribution in [0.5, 0.6) is 5.75 Å². The van der Waals surface area contributed by atoms with Gasteiger partial charge >= 0.3 is 12.5 Å². The molecule has 1 amide bonds. The summed E-state index contributed by atoms with van der Waals surface area (Å²) in [7, 11) is 1.46. The Bertz CT molecular complexity index is 1140. The molecule has 0 saturated heterocycles. The maximum atomic E-state index is 12.8. The van der Waals surface area contributed by atoms with Crippen LogP contribution in [0.3, 0.4) is 0 Å². The largest absolute Gasteiger partial charge is 0.573 e. The summed E-state index contributed by atoms with van der Waals surface area (Å²) in [5, 5.41) is 5.75. The van der Waals surface area contributed by atoms with Crippen molar-refractivity contribution in [3.8, 4) is 5.75 Å². The molecule has 0 radical (unpaired) electrons. The molecule has 0 unspecified atom stereocenters. The van der Waals surface area contributed by atoms with Crippen molar-refractivity contribution in [1.29, 1.82) is 0 Å². The minimum Gasteiger partial charge on any atom is -0.406 e. The Morgan fingerprint density at radius 1 is 0.944 bits per heavy atom. The number of ether oxygens (including phenoxy) is 1. The van der Waals surface area contributed by atoms with Crippen LogP contribution in [0.2, 0.25) is 0 Å². The topological polar surface area (TPSA) is 63.2 Å². The third-order valence-electron chi connectivity index (χ3n) is 5.34. The zero-order valence-corrected chi connectivity index (χ0v) is 19.0. The Labute approximate surface area is 203 Å². The first-order valence-corrected chi connectivity index (χ1v) is 10.9. The Balaban J connectivity index is 1.90. The van der Waals surface area contributed by atoms with Gasteiger partial charge in [0.15, 0.2) is 0 Å². The molecule has 3 aromatic rings. The van der Waals surface area contributed by atoms with Crippen molar-refractivity contribution >= 4 is 5.91 Å². The number of hydrogen-bond donors (Lipinski definition) is 2. The van der Waals surface area contributed by atoms with E-state index < -0.39 is 36.1 Å². The van der Waals surface area contributed by atoms with Crippen LogP contribution < -0.4 is 15.4 Å². The van der Waals surface area contributed by atoms with Crippen LogP contribution in [0.25, 0.3) is 0 Å². The molecule has 0 aliphatic carbocycles. The average molecular weight is 511 g/mol. The van der Waals surface area contributed by atoms with Crippen LogP contribution in [-0.2, 0) is 17.4 Å². The van der Waals surface area contributed by atoms with Crippen molar-refractivity contribution in [2.45, 2.75) is 37.5 Å². The van der Waals surface area contributed by atoms with Gasteiger partial charge in [-0.25, -0.2) is 0 Å². The molecule has 5 nitrogen and oxygen atoms in total. The second-order valence-corrected chi connectivity index (χ2v) is 7.89. The summed E-state index contributed by atoms with van der Waals surface area (Å²) in [4.78, 5) is 16.1. The van der Waals surface area contributed by atoms with Gasteiger partial charge in [-0.15, -0.1) is 13.2 Å². The van der Waals surface area contributed by atoms with Crippen molar-refractivity contribution in [3.05, 3.63) is 95.3 Å². The molecule has 0 aliphatic rings. The van der Waals surface area contributed by atoms with Gasteiger partial charge in [-0.3, -0.25) is 15.1 Å². The van der Waals surface area contributed by atoms with E-state index in [0.29, 0.717) is 16.7 Å². The highest BCUT2D eigenvalue weighted by Gasteiger charge is 2.33. The highest BCUT2D eigenvalue weighted by Crippen LogP contribution is 2.30. The molecule has 2 N–H and O–H groups in total. The summed E-state index contributed by atoms with van der Waals surface area (Å²) in [6.07, 6.45) is -7.87. The van der Waals surface area contributed by atoms with E-state index in [1.54, 1.807) is 36.4 Å². The van der Waals surface area contributed by atoms with Crippen LogP contribution >= 0.6 is 0 Å². The fourth-order valence-electron chi connectivity index (χ4n) is 3.64. The molecule has 1 aromatic heterocycles. The van der Waals surface area contributed by atoms with Gasteiger partial charge in [-0.1, -0.05) is 48.5 Å². The minimum absolute atomic E-state index is 0.239. The number of nitrogens with zero attached hydrogens (tertiary/aromatic N) is 1. The lowest BCUT2D eigenvalue weighted by molar-refractivity contribution is -0.274. The number of amides is 1. The first-order chi connectivity index (χ1) is 17.0. The third kappa shape index (κ3) is 7.70. The number of hydrogen-bond acceptors (Lipinski definition) is 4. The summed E-state index contributed by atoms with van der Waals surface area (Å²) in [5.41, 5.74) is 0.498. The first kappa shape index (κ1) is 27.0. The van der Waals surface area contributed by atoms with Crippen LogP contribution in [0, 0.1) is 0 Å². The lowest BCUT2D eigenvalue weighted by Crippen LogP contribution is -2.38. The van der Waals surface area contributed by atoms with E-state index in [4.69, 9.17) is 0 Å². The van der Waals surface area contributed by atoms with Crippen LogP contribution in [0.4, 0.5) is 26.3 Å². The molecule has 0 spiro atoms. The van der Waals surface area contributed by atoms with Gasteiger partial charge in [0.05, 0.1) is 0 Å². The number of carbonyl (C=O) groups excluding carboxylic acids is 1. The van der Waals surface area contributed by atoms with Crippen molar-refractivity contribution in [2.75, 3.05) is 7.05 Å². The van der Waals surface area contributed by atoms with Gasteiger partial charge in [0, 0.05) is 19.3 Å². The van der Waals surface area contributed by atoms with Gasteiger partial charge in [-0.05, 0) is 47.7 Å². The Kier molecular flexibility index (Phi) is 8.57. The Hall–Kier alpha value is -3.60. The van der Waals surface area contributed by atoms with E-state index >= 15 is 0 Å². The highest BCUT2D eigenvalue weighted by molar-refractivity contribution is 5.83. The summed E-state index contributed by atoms with van der Waals surface area (Å²) in [5.74, 6) is -0.802. The third-order valence-corrected chi connectivity index (χ3v) is 5.34. The lowest BCUT2D eigenvalue weighted by Gasteiger charge is -2.26. The molecule has 0 fully saturated rings. The van der Waals surface area contributed by atoms with E-state index in [1.165, 1.54) is 25.2 Å². The van der Waals surface area contributed by atoms with E-state index in [1.807, 2.05) is 0 Å². The minimum atomic E-state index is -4.89. The molecule has 2 aromatic carbocycles. The van der Waals surface area contributed by atoms with E-state index in [2.05, 4.69) is 20.4 Å². The quantitative estimate of drug-likeness (QED) is 0.359. The van der Waals surface area contributed by atoms with E-state index in [0.717, 1.165) is 18.3 Å². The number of likely N-dealkylation sites (N-methyl/N-ethyl adjacent to an activating group) is 1. The van der Waals surface area contributed by atoms with Gasteiger partial charge < -0.3 is 10.1 Å². The molecule has 192 valence electrons. The van der Waals surface area contributed by atoms with Gasteiger partial charge in [0.2, 0.25) is 5.91 Å². The maximum absolute atomic E-state index is 12.8. The molecule has 0 saturated carbocycles. The van der Waals surface area contributed by atoms with Crippen molar-refractivity contribution in [1.82, 2.24) is 15.6 Å². The molecular formula is C25H23F6N3O2. The standard InChI is InChI=1S/C25H23F6N3O2/c1-32-23(35)22(17-6-3-2-4-7-17)34-20(18-8-5-9-19(14-18)36-25(29,30)31)12-10-16-11-13-21(33-15-16)24(26,27)28/h2-9,11,13-15,20,22,34H,10,12H2,1H3,(H,32,35)/t20-,22-/m1/s1. The molecule has 1 heterocycles. The summed E-state index contributed by atoms with van der Waals surface area (Å²) < 4.78 is 80.8. The maximum Gasteiger partial charge on any atom is 0.573 e. The number of rotatable bonds is 9. The number of halogens is 6. The molecule has 2 atom stereocenters. The Morgan fingerprint density at radius 2 is 1.64 bits per heavy atom. The van der Waals surface area contributed by atoms with Crippen LogP contribution in [-0.4, -0.2) is 24.3 Å². The summed E-state index contributed by atoms with van der Waals surface area (Å²) >= 11 is 0. The number of carbonyl (C=O) groups is 1. The number of pyridine rings is 1. The molecule has 36 heavy (non-hydrogen) atoms. The molecular weight excluding hydrogens is 488 g/mol. The number of aromatic nitrogens is 1. The number of aryl methyl sites for hydroxylation is 1. The fourth-order valence-corrected chi connectivity index (χ4v) is 3.64. The van der Waals surface area contributed by atoms with Crippen molar-refractivity contribution in [3.63, 3.8) is 0 Å². The van der Waals surface area contributed by atoms with Gasteiger partial charge in [0.25, 0.3) is 0 Å². The van der Waals surface area contributed by atoms with Gasteiger partial charge in [-0.2, -0.15) is 13.2 Å². The first-order valence-electron chi connectivity index (χ1n) is 10.9. The zero-order valence-electron chi connectivity index (χ0n) is 19.0. The van der Waals surface area contributed by atoms with Gasteiger partial charge in [0.1, 0.15) is 17.5 Å². The molecule has 0 aliphatic heterocycles. The Morgan fingerprint density at radius 3 is 2.22 bits per heavy atom. The number of nitrogens with one attached hydrogen (secondary N) is 2. The average Bonchev–Trinajstić information content (AvgIpc) is 2.83. The van der Waals surface area contributed by atoms with Crippen molar-refractivity contribution in [2.24, 2.45) is 0 Å². The smallest absolute Gasteiger partial charge is 0.406 e.